The number of para-hydroxylation sites is 6. The lowest BCUT2D eigenvalue weighted by Crippen LogP contribution is -2.66. The molecule has 6 nitrogen and oxygen atoms in total. The van der Waals surface area contributed by atoms with Gasteiger partial charge in [0.2, 0.25) is 0 Å². The van der Waals surface area contributed by atoms with Crippen molar-refractivity contribution in [2.24, 2.45) is 0 Å². The van der Waals surface area contributed by atoms with Gasteiger partial charge in [0.1, 0.15) is 17.6 Å². The van der Waals surface area contributed by atoms with E-state index < -0.39 is 17.6 Å². The molecule has 0 saturated heterocycles. The van der Waals surface area contributed by atoms with Crippen LogP contribution in [0.15, 0.2) is 291 Å². The monoisotopic (exact) mass is 1130 g/mol. The van der Waals surface area contributed by atoms with Crippen molar-refractivity contribution in [2.75, 3.05) is 29.4 Å². The molecule has 6 aliphatic rings. The fourth-order valence-corrected chi connectivity index (χ4v) is 24.2. The summed E-state index contributed by atoms with van der Waals surface area (Å²) in [6.45, 7) is 0. The van der Waals surface area contributed by atoms with E-state index in [0.717, 1.165) is 34.1 Å². The van der Waals surface area contributed by atoms with Crippen molar-refractivity contribution in [3.8, 4) is 0 Å². The summed E-state index contributed by atoms with van der Waals surface area (Å²) in [6.07, 6.45) is 0. The van der Waals surface area contributed by atoms with E-state index in [4.69, 9.17) is 0 Å². The maximum absolute atomic E-state index is 2.73. The molecule has 14 aromatic carbocycles. The van der Waals surface area contributed by atoms with Crippen LogP contribution in [-0.2, 0) is 0 Å². The van der Waals surface area contributed by atoms with Gasteiger partial charge in [0.25, 0.3) is 0 Å². The largest absolute Gasteiger partial charge is 0.311 e. The van der Waals surface area contributed by atoms with Crippen LogP contribution in [0.1, 0.15) is 0 Å². The van der Waals surface area contributed by atoms with E-state index in [2.05, 4.69) is 321 Å². The fraction of sp³-hybridized carbons (Fsp3) is 0. The highest BCUT2D eigenvalue weighted by molar-refractivity contribution is 7.04. The fourth-order valence-electron chi connectivity index (χ4n) is 16.2. The van der Waals surface area contributed by atoms with Gasteiger partial charge in [-0.25, -0.2) is 0 Å². The molecule has 0 radical (unpaired) electrons. The van der Waals surface area contributed by atoms with Crippen LogP contribution < -0.4 is 60.5 Å². The Morgan fingerprint density at radius 3 is 0.791 bits per heavy atom. The molecule has 0 spiro atoms. The summed E-state index contributed by atoms with van der Waals surface area (Å²) in [5.74, 6) is 0. The number of fused-ring (bicyclic) bond motifs is 7. The zero-order chi connectivity index (χ0) is 55.9. The molecule has 400 valence electrons. The van der Waals surface area contributed by atoms with Gasteiger partial charge in [0, 0.05) is 95.8 Å². The van der Waals surface area contributed by atoms with Gasteiger partial charge in [-0.2, -0.15) is 0 Å². The molecule has 2 unspecified atom stereocenters. The molecule has 14 aromatic rings. The lowest BCUT2D eigenvalue weighted by Gasteiger charge is -2.52. The minimum Gasteiger partial charge on any atom is -0.311 e. The van der Waals surface area contributed by atoms with Gasteiger partial charge < -0.3 is 29.4 Å². The molecule has 0 saturated carbocycles. The Labute approximate surface area is 501 Å². The summed E-state index contributed by atoms with van der Waals surface area (Å²) in [5.41, 5.74) is 22.1. The van der Waals surface area contributed by atoms with Crippen molar-refractivity contribution in [1.29, 1.82) is 0 Å². The zero-order valence-corrected chi connectivity index (χ0v) is 48.9. The molecule has 0 aromatic heterocycles. The molecular formula is C78H50N6Si2. The van der Waals surface area contributed by atoms with Crippen LogP contribution in [-0.4, -0.2) is 17.6 Å². The highest BCUT2D eigenvalue weighted by atomic mass is 28.3. The van der Waals surface area contributed by atoms with Gasteiger partial charge in [-0.1, -0.05) is 170 Å². The van der Waals surface area contributed by atoms with Crippen LogP contribution in [0.2, 0.25) is 0 Å². The summed E-state index contributed by atoms with van der Waals surface area (Å²) >= 11 is 0. The van der Waals surface area contributed by atoms with Crippen molar-refractivity contribution in [3.63, 3.8) is 0 Å². The maximum atomic E-state index is 2.73. The first-order valence-electron chi connectivity index (χ1n) is 29.9. The van der Waals surface area contributed by atoms with Crippen LogP contribution >= 0.6 is 0 Å². The third-order valence-corrected chi connectivity index (χ3v) is 26.2. The molecule has 20 rings (SSSR count). The Morgan fingerprint density at radius 1 is 0.186 bits per heavy atom. The maximum Gasteiger partial charge on any atom is 0.149 e. The minimum atomic E-state index is -2.49. The molecule has 8 heteroatoms. The molecule has 6 aliphatic heterocycles. The summed E-state index contributed by atoms with van der Waals surface area (Å²) in [5, 5.41) is 16.2. The van der Waals surface area contributed by atoms with E-state index in [-0.39, 0.29) is 0 Å². The van der Waals surface area contributed by atoms with E-state index in [1.165, 1.54) is 132 Å². The Balaban J connectivity index is 1.02. The van der Waals surface area contributed by atoms with Crippen molar-refractivity contribution < 1.29 is 0 Å². The molecular weight excluding hydrogens is 1080 g/mol. The Bertz CT molecular complexity index is 4900. The summed E-state index contributed by atoms with van der Waals surface area (Å²) in [4.78, 5) is 15.9. The SMILES string of the molecule is c1ccc(N2c3cccc4c3[SiH]3c5c(cc6ccccc6c5N4c4ccccc4)N(c4ccccc4)c4c3c2cc2cc3c5c(c42)N(c2ccccc2)c2cc4ccccc4c4c2[SiH]5c2c(cccc2N4c2ccccc2)N3c2ccccc2)cc1. The molecule has 0 bridgehead atoms. The highest BCUT2D eigenvalue weighted by Crippen LogP contribution is 2.59. The molecule has 0 fully saturated rings. The van der Waals surface area contributed by atoms with Crippen molar-refractivity contribution in [3.05, 3.63) is 291 Å². The third kappa shape index (κ3) is 6.03. The lowest BCUT2D eigenvalue weighted by molar-refractivity contribution is 1.22. The number of rotatable bonds is 6. The standard InChI is InChI=1S/C78H50N6Si2/c1-7-27-52(28-8-1)79-60-41-23-43-62-73(60)85-75-66(45-49-25-19-21-39-58(49)69(75)81(62)54-31-11-3-12-32-54)83(56-35-15-5-16-36-56)71-68-51(47-64(79)77(71)85)48-65-78-72(68)84(57-37-17-6-18-38-57)67-46-50-26-20-22-40-59(50)70-76(67)86(78)74-61(80(65)53-29-9-2-10-30-53)42-24-44-63(74)82(70)55-33-13-4-14-34-55/h1-48,85-86H. The van der Waals surface area contributed by atoms with E-state index in [1.54, 1.807) is 0 Å². The van der Waals surface area contributed by atoms with Crippen LogP contribution in [0.25, 0.3) is 32.3 Å². The van der Waals surface area contributed by atoms with Crippen LogP contribution in [0, 0.1) is 0 Å². The number of benzene rings is 14. The predicted molar refractivity (Wildman–Crippen MR) is 366 cm³/mol. The third-order valence-electron chi connectivity index (χ3n) is 19.2. The predicted octanol–water partition coefficient (Wildman–Crippen LogP) is 16.3. The zero-order valence-electron chi connectivity index (χ0n) is 46.6. The average Bonchev–Trinajstić information content (AvgIpc) is 0.672. The minimum absolute atomic E-state index is 1.14. The van der Waals surface area contributed by atoms with Gasteiger partial charge >= 0.3 is 0 Å². The second-order valence-corrected chi connectivity index (χ2v) is 28.7. The number of hydrogen-bond donors (Lipinski definition) is 0. The first kappa shape index (κ1) is 46.6. The summed E-state index contributed by atoms with van der Waals surface area (Å²) in [7, 11) is -4.97. The topological polar surface area (TPSA) is 19.4 Å². The highest BCUT2D eigenvalue weighted by Gasteiger charge is 2.53. The second-order valence-electron chi connectivity index (χ2n) is 23.5. The normalized spacial score (nSPS) is 15.8. The quantitative estimate of drug-likeness (QED) is 0.154. The van der Waals surface area contributed by atoms with Gasteiger partial charge in [0.15, 0.2) is 0 Å². The second kappa shape index (κ2) is 17.3. The number of anilines is 18. The summed E-state index contributed by atoms with van der Waals surface area (Å²) < 4.78 is 0. The molecule has 86 heavy (non-hydrogen) atoms. The Kier molecular flexibility index (Phi) is 9.39. The smallest absolute Gasteiger partial charge is 0.149 e. The van der Waals surface area contributed by atoms with E-state index >= 15 is 0 Å². The van der Waals surface area contributed by atoms with Gasteiger partial charge in [-0.15, -0.1) is 0 Å². The van der Waals surface area contributed by atoms with E-state index in [9.17, 15) is 0 Å². The van der Waals surface area contributed by atoms with Crippen molar-refractivity contribution in [1.82, 2.24) is 0 Å². The van der Waals surface area contributed by atoms with Crippen molar-refractivity contribution in [2.45, 2.75) is 0 Å². The van der Waals surface area contributed by atoms with Gasteiger partial charge in [-0.05, 0) is 169 Å². The van der Waals surface area contributed by atoms with E-state index in [0.29, 0.717) is 0 Å². The van der Waals surface area contributed by atoms with Crippen LogP contribution in [0.4, 0.5) is 102 Å². The van der Waals surface area contributed by atoms with Crippen LogP contribution in [0.5, 0.6) is 0 Å². The average molecular weight is 1130 g/mol. The molecule has 0 amide bonds. The summed E-state index contributed by atoms with van der Waals surface area (Å²) in [6, 6.07) is 110. The van der Waals surface area contributed by atoms with Crippen LogP contribution in [0.3, 0.4) is 0 Å². The lowest BCUT2D eigenvalue weighted by atomic mass is 9.95. The molecule has 0 aliphatic carbocycles. The van der Waals surface area contributed by atoms with Crippen molar-refractivity contribution >= 4 is 183 Å². The first-order chi connectivity index (χ1) is 42.8. The Hall–Kier alpha value is -10.9. The number of nitrogens with zero attached hydrogens (tertiary/aromatic N) is 6. The Morgan fingerprint density at radius 2 is 0.442 bits per heavy atom. The molecule has 2 atom stereocenters. The molecule has 0 N–H and O–H groups in total. The first-order valence-corrected chi connectivity index (χ1v) is 33.4. The number of hydrogen-bond acceptors (Lipinski definition) is 6. The van der Waals surface area contributed by atoms with Gasteiger partial charge in [0.05, 0.1) is 22.7 Å². The van der Waals surface area contributed by atoms with Gasteiger partial charge in [-0.3, -0.25) is 0 Å². The van der Waals surface area contributed by atoms with E-state index in [1.807, 2.05) is 0 Å². The molecule has 6 heterocycles.